The minimum atomic E-state index is -3.50. The van der Waals surface area contributed by atoms with Crippen LogP contribution in [0.15, 0.2) is 4.40 Å². The van der Waals surface area contributed by atoms with Crippen molar-refractivity contribution in [2.45, 2.75) is 26.2 Å². The Kier molecular flexibility index (Phi) is 4.74. The van der Waals surface area contributed by atoms with Gasteiger partial charge in [0.25, 0.3) is 16.1 Å². The molecular formula is C6H11NO3S. The molecule has 0 aliphatic heterocycles. The quantitative estimate of drug-likeness (QED) is 0.355. The van der Waals surface area contributed by atoms with E-state index in [0.717, 1.165) is 18.9 Å². The third-order valence-electron chi connectivity index (χ3n) is 1.18. The first-order chi connectivity index (χ1) is 5.12. The molecule has 0 amide bonds. The average Bonchev–Trinajstić information content (AvgIpc) is 1.87. The molecule has 0 aromatic carbocycles. The highest BCUT2D eigenvalue weighted by atomic mass is 32.2. The Hall–Kier alpha value is -0.670. The van der Waals surface area contributed by atoms with Crippen LogP contribution in [-0.4, -0.2) is 20.3 Å². The summed E-state index contributed by atoms with van der Waals surface area (Å²) in [6.45, 7) is 1.97. The summed E-state index contributed by atoms with van der Waals surface area (Å²) in [4.78, 5) is 9.58. The van der Waals surface area contributed by atoms with E-state index in [9.17, 15) is 13.2 Å². The van der Waals surface area contributed by atoms with Crippen molar-refractivity contribution in [2.24, 2.45) is 4.40 Å². The van der Waals surface area contributed by atoms with Gasteiger partial charge in [-0.25, -0.2) is 13.2 Å². The summed E-state index contributed by atoms with van der Waals surface area (Å²) < 4.78 is 24.0. The van der Waals surface area contributed by atoms with Crippen LogP contribution in [0.3, 0.4) is 0 Å². The zero-order valence-electron chi connectivity index (χ0n) is 6.41. The van der Waals surface area contributed by atoms with Crippen molar-refractivity contribution in [1.29, 1.82) is 0 Å². The van der Waals surface area contributed by atoms with E-state index >= 15 is 0 Å². The topological polar surface area (TPSA) is 63.6 Å². The van der Waals surface area contributed by atoms with Crippen LogP contribution in [0.25, 0.3) is 0 Å². The fourth-order valence-corrected chi connectivity index (χ4v) is 1.41. The standard InChI is InChI=1S/C6H11NO3S/c1-2-3-4-5-11(9,10)7-6-8/h2-5H2,1H3. The zero-order chi connectivity index (χ0) is 8.74. The van der Waals surface area contributed by atoms with Gasteiger partial charge in [-0.1, -0.05) is 24.2 Å². The van der Waals surface area contributed by atoms with Gasteiger partial charge in [0.05, 0.1) is 5.75 Å². The van der Waals surface area contributed by atoms with E-state index in [0.29, 0.717) is 6.42 Å². The Morgan fingerprint density at radius 2 is 2.00 bits per heavy atom. The monoisotopic (exact) mass is 177 g/mol. The SMILES string of the molecule is CCCCCS(=O)(=O)N=C=O. The molecule has 0 aromatic rings. The number of rotatable bonds is 5. The fourth-order valence-electron chi connectivity index (χ4n) is 0.637. The minimum Gasteiger partial charge on any atom is -0.210 e. The second kappa shape index (κ2) is 5.04. The number of carbonyl (C=O) groups excluding carboxylic acids is 1. The molecule has 4 nitrogen and oxygen atoms in total. The van der Waals surface area contributed by atoms with E-state index in [1.807, 2.05) is 6.92 Å². The predicted molar refractivity (Wildman–Crippen MR) is 41.4 cm³/mol. The molecule has 0 spiro atoms. The van der Waals surface area contributed by atoms with E-state index < -0.39 is 10.0 Å². The third-order valence-corrected chi connectivity index (χ3v) is 2.34. The molecular weight excluding hydrogens is 166 g/mol. The first-order valence-corrected chi connectivity index (χ1v) is 5.05. The molecule has 64 valence electrons. The lowest BCUT2D eigenvalue weighted by Gasteiger charge is -1.93. The lowest BCUT2D eigenvalue weighted by atomic mass is 10.3. The van der Waals surface area contributed by atoms with Gasteiger partial charge >= 0.3 is 0 Å². The number of hydrogen-bond acceptors (Lipinski definition) is 3. The van der Waals surface area contributed by atoms with Crippen molar-refractivity contribution in [3.63, 3.8) is 0 Å². The highest BCUT2D eigenvalue weighted by molar-refractivity contribution is 7.90. The molecule has 0 bridgehead atoms. The molecule has 0 atom stereocenters. The fraction of sp³-hybridized carbons (Fsp3) is 0.833. The smallest absolute Gasteiger partial charge is 0.210 e. The summed E-state index contributed by atoms with van der Waals surface area (Å²) in [7, 11) is -3.50. The van der Waals surface area contributed by atoms with E-state index in [1.165, 1.54) is 0 Å². The van der Waals surface area contributed by atoms with Gasteiger partial charge in [-0.15, -0.1) is 0 Å². The lowest BCUT2D eigenvalue weighted by molar-refractivity contribution is 0.563. The molecule has 0 saturated carbocycles. The Morgan fingerprint density at radius 3 is 2.45 bits per heavy atom. The molecule has 5 heteroatoms. The summed E-state index contributed by atoms with van der Waals surface area (Å²) in [5.74, 6) is -0.0456. The van der Waals surface area contributed by atoms with E-state index in [4.69, 9.17) is 0 Å². The summed E-state index contributed by atoms with van der Waals surface area (Å²) in [6.07, 6.45) is 3.37. The van der Waals surface area contributed by atoms with Crippen LogP contribution in [0.2, 0.25) is 0 Å². The van der Waals surface area contributed by atoms with Gasteiger partial charge in [0.2, 0.25) is 0 Å². The first kappa shape index (κ1) is 10.3. The Morgan fingerprint density at radius 1 is 1.36 bits per heavy atom. The molecule has 11 heavy (non-hydrogen) atoms. The number of hydrogen-bond donors (Lipinski definition) is 0. The number of isocyanates is 1. The molecule has 0 saturated heterocycles. The normalized spacial score (nSPS) is 10.6. The molecule has 0 aromatic heterocycles. The second-order valence-corrected chi connectivity index (χ2v) is 3.93. The number of unbranched alkanes of at least 4 members (excludes halogenated alkanes) is 2. The average molecular weight is 177 g/mol. The molecule has 0 radical (unpaired) electrons. The summed E-state index contributed by atoms with van der Waals surface area (Å²) in [6, 6.07) is 0. The van der Waals surface area contributed by atoms with Gasteiger partial charge in [0, 0.05) is 0 Å². The molecule has 0 aliphatic rings. The van der Waals surface area contributed by atoms with Crippen molar-refractivity contribution < 1.29 is 13.2 Å². The number of sulfonamides is 1. The van der Waals surface area contributed by atoms with E-state index in [2.05, 4.69) is 4.40 Å². The van der Waals surface area contributed by atoms with Crippen LogP contribution in [0.5, 0.6) is 0 Å². The predicted octanol–water partition coefficient (Wildman–Crippen LogP) is 0.842. The molecule has 0 heterocycles. The van der Waals surface area contributed by atoms with Crippen molar-refractivity contribution in [1.82, 2.24) is 0 Å². The second-order valence-electron chi connectivity index (χ2n) is 2.18. The maximum atomic E-state index is 10.7. The highest BCUT2D eigenvalue weighted by Crippen LogP contribution is 1.99. The Bertz CT molecular complexity index is 239. The summed E-state index contributed by atoms with van der Waals surface area (Å²) in [5, 5.41) is 0. The van der Waals surface area contributed by atoms with Crippen molar-refractivity contribution in [2.75, 3.05) is 5.75 Å². The van der Waals surface area contributed by atoms with Crippen LogP contribution in [0.4, 0.5) is 0 Å². The maximum Gasteiger partial charge on any atom is 0.263 e. The van der Waals surface area contributed by atoms with Crippen LogP contribution >= 0.6 is 0 Å². The van der Waals surface area contributed by atoms with Gasteiger partial charge in [0.15, 0.2) is 0 Å². The third kappa shape index (κ3) is 5.76. The van der Waals surface area contributed by atoms with Crippen molar-refractivity contribution in [3.05, 3.63) is 0 Å². The van der Waals surface area contributed by atoms with Crippen LogP contribution in [0.1, 0.15) is 26.2 Å². The first-order valence-electron chi connectivity index (χ1n) is 3.44. The number of nitrogens with zero attached hydrogens (tertiary/aromatic N) is 1. The molecule has 0 rings (SSSR count). The minimum absolute atomic E-state index is 0.0456. The molecule has 0 aliphatic carbocycles. The van der Waals surface area contributed by atoms with Gasteiger partial charge in [-0.05, 0) is 6.42 Å². The maximum absolute atomic E-state index is 10.7. The van der Waals surface area contributed by atoms with Gasteiger partial charge in [-0.3, -0.25) is 0 Å². The highest BCUT2D eigenvalue weighted by Gasteiger charge is 2.05. The largest absolute Gasteiger partial charge is 0.263 e. The Balaban J connectivity index is 3.84. The van der Waals surface area contributed by atoms with Crippen LogP contribution < -0.4 is 0 Å². The van der Waals surface area contributed by atoms with Gasteiger partial charge in [-0.2, -0.15) is 0 Å². The summed E-state index contributed by atoms with van der Waals surface area (Å²) in [5.41, 5.74) is 0. The Labute approximate surface area is 66.4 Å². The molecule has 0 N–H and O–H groups in total. The van der Waals surface area contributed by atoms with Crippen LogP contribution in [-0.2, 0) is 14.8 Å². The lowest BCUT2D eigenvalue weighted by Crippen LogP contribution is -2.01. The molecule has 0 fully saturated rings. The summed E-state index contributed by atoms with van der Waals surface area (Å²) >= 11 is 0. The van der Waals surface area contributed by atoms with E-state index in [1.54, 1.807) is 0 Å². The molecule has 0 unspecified atom stereocenters. The zero-order valence-corrected chi connectivity index (χ0v) is 7.23. The van der Waals surface area contributed by atoms with Crippen LogP contribution in [0, 0.1) is 0 Å². The van der Waals surface area contributed by atoms with E-state index in [-0.39, 0.29) is 5.75 Å². The van der Waals surface area contributed by atoms with Gasteiger partial charge < -0.3 is 0 Å². The van der Waals surface area contributed by atoms with Crippen molar-refractivity contribution >= 4 is 16.1 Å². The van der Waals surface area contributed by atoms with Crippen molar-refractivity contribution in [3.8, 4) is 0 Å². The van der Waals surface area contributed by atoms with Gasteiger partial charge in [0.1, 0.15) is 0 Å².